The molecule has 2 heteroatoms. The Morgan fingerprint density at radius 2 is 2.24 bits per heavy atom. The van der Waals surface area contributed by atoms with Crippen LogP contribution in [0.3, 0.4) is 0 Å². The summed E-state index contributed by atoms with van der Waals surface area (Å²) >= 11 is 3.57. The molecule has 0 atom stereocenters. The van der Waals surface area contributed by atoms with Gasteiger partial charge in [-0.25, -0.2) is 0 Å². The Kier molecular flexibility index (Phi) is 4.06. The third-order valence-corrected chi connectivity index (χ3v) is 3.69. The van der Waals surface area contributed by atoms with Crippen LogP contribution in [-0.2, 0) is 6.42 Å². The average molecular weight is 292 g/mol. The number of aryl methyl sites for hydroxylation is 1. The molecule has 0 aliphatic carbocycles. The van der Waals surface area contributed by atoms with Crippen LogP contribution in [0, 0.1) is 0 Å². The number of benzene rings is 1. The molecule has 0 aromatic heterocycles. The maximum absolute atomic E-state index is 3.78. The number of rotatable bonds is 2. The Morgan fingerprint density at radius 1 is 1.41 bits per heavy atom. The summed E-state index contributed by atoms with van der Waals surface area (Å²) in [6.07, 6.45) is 7.63. The number of hydrogen-bond acceptors (Lipinski definition) is 1. The summed E-state index contributed by atoms with van der Waals surface area (Å²) in [5.74, 6) is 0. The largest absolute Gasteiger partial charge is 0.345 e. The molecule has 1 aromatic carbocycles. The van der Waals surface area contributed by atoms with Crippen LogP contribution in [0.4, 0.5) is 5.69 Å². The molecule has 0 bridgehead atoms. The fourth-order valence-corrected chi connectivity index (χ4v) is 2.68. The Bertz CT molecular complexity index is 448. The first-order valence-electron chi connectivity index (χ1n) is 6.07. The molecular weight excluding hydrogens is 274 g/mol. The van der Waals surface area contributed by atoms with Gasteiger partial charge in [0, 0.05) is 22.4 Å². The lowest BCUT2D eigenvalue weighted by Crippen LogP contribution is -2.21. The van der Waals surface area contributed by atoms with Gasteiger partial charge in [0.05, 0.1) is 0 Å². The second-order valence-corrected chi connectivity index (χ2v) is 5.34. The maximum atomic E-state index is 3.78. The zero-order chi connectivity index (χ0) is 12.3. The smallest absolute Gasteiger partial charge is 0.0451 e. The zero-order valence-electron chi connectivity index (χ0n) is 10.2. The van der Waals surface area contributed by atoms with Crippen LogP contribution in [0.15, 0.2) is 47.1 Å². The summed E-state index contributed by atoms with van der Waals surface area (Å²) in [7, 11) is 0. The number of anilines is 1. The van der Waals surface area contributed by atoms with Crippen molar-refractivity contribution in [1.82, 2.24) is 0 Å². The number of allylic oxidation sites excluding steroid dienone is 3. The molecule has 0 radical (unpaired) electrons. The van der Waals surface area contributed by atoms with Gasteiger partial charge in [0.2, 0.25) is 0 Å². The van der Waals surface area contributed by atoms with E-state index in [2.05, 4.69) is 58.6 Å². The highest BCUT2D eigenvalue weighted by Gasteiger charge is 2.16. The molecule has 17 heavy (non-hydrogen) atoms. The van der Waals surface area contributed by atoms with Crippen LogP contribution in [0.5, 0.6) is 0 Å². The van der Waals surface area contributed by atoms with Gasteiger partial charge in [-0.2, -0.15) is 0 Å². The van der Waals surface area contributed by atoms with Gasteiger partial charge in [-0.3, -0.25) is 0 Å². The third-order valence-electron chi connectivity index (χ3n) is 3.20. The van der Waals surface area contributed by atoms with Crippen molar-refractivity contribution in [1.29, 1.82) is 0 Å². The van der Waals surface area contributed by atoms with Crippen molar-refractivity contribution in [2.24, 2.45) is 0 Å². The number of halogens is 1. The SMILES string of the molecule is C=C/C=C(\C)N1CCCCc2ccc(Br)cc21. The van der Waals surface area contributed by atoms with E-state index in [-0.39, 0.29) is 0 Å². The Balaban J connectivity index is 2.45. The van der Waals surface area contributed by atoms with Crippen molar-refractivity contribution >= 4 is 21.6 Å². The summed E-state index contributed by atoms with van der Waals surface area (Å²) in [6, 6.07) is 6.59. The van der Waals surface area contributed by atoms with E-state index in [1.807, 2.05) is 6.08 Å². The molecule has 0 spiro atoms. The number of hydrogen-bond donors (Lipinski definition) is 0. The normalized spacial score (nSPS) is 16.4. The van der Waals surface area contributed by atoms with E-state index in [0.29, 0.717) is 0 Å². The van der Waals surface area contributed by atoms with E-state index in [1.54, 1.807) is 0 Å². The fourth-order valence-electron chi connectivity index (χ4n) is 2.33. The predicted molar refractivity (Wildman–Crippen MR) is 78.4 cm³/mol. The standard InChI is InChI=1S/C15H18BrN/c1-3-6-12(2)17-10-5-4-7-13-8-9-14(16)11-15(13)17/h3,6,8-9,11H,1,4-5,7,10H2,2H3/b12-6+. The van der Waals surface area contributed by atoms with Crippen molar-refractivity contribution in [2.45, 2.75) is 26.2 Å². The minimum absolute atomic E-state index is 1.10. The van der Waals surface area contributed by atoms with Gasteiger partial charge >= 0.3 is 0 Å². The third kappa shape index (κ3) is 2.81. The van der Waals surface area contributed by atoms with E-state index in [0.717, 1.165) is 11.0 Å². The molecule has 0 saturated carbocycles. The van der Waals surface area contributed by atoms with E-state index in [1.165, 1.54) is 36.2 Å². The molecule has 0 N–H and O–H groups in total. The van der Waals surface area contributed by atoms with Crippen LogP contribution in [0.1, 0.15) is 25.3 Å². The highest BCUT2D eigenvalue weighted by atomic mass is 79.9. The van der Waals surface area contributed by atoms with Gasteiger partial charge in [-0.15, -0.1) is 0 Å². The van der Waals surface area contributed by atoms with Crippen molar-refractivity contribution < 1.29 is 0 Å². The van der Waals surface area contributed by atoms with Gasteiger partial charge in [-0.05, 0) is 50.0 Å². The average Bonchev–Trinajstić information content (AvgIpc) is 2.51. The van der Waals surface area contributed by atoms with Crippen LogP contribution >= 0.6 is 15.9 Å². The molecule has 90 valence electrons. The lowest BCUT2D eigenvalue weighted by atomic mass is 10.1. The van der Waals surface area contributed by atoms with Crippen LogP contribution in [-0.4, -0.2) is 6.54 Å². The van der Waals surface area contributed by atoms with Crippen LogP contribution < -0.4 is 4.90 Å². The molecular formula is C15H18BrN. The molecule has 0 saturated heterocycles. The van der Waals surface area contributed by atoms with Gasteiger partial charge in [0.25, 0.3) is 0 Å². The van der Waals surface area contributed by atoms with Gasteiger partial charge in [-0.1, -0.05) is 34.7 Å². The molecule has 1 nitrogen and oxygen atoms in total. The summed E-state index contributed by atoms with van der Waals surface area (Å²) < 4.78 is 1.15. The monoisotopic (exact) mass is 291 g/mol. The van der Waals surface area contributed by atoms with E-state index in [9.17, 15) is 0 Å². The summed E-state index contributed by atoms with van der Waals surface area (Å²) in [6.45, 7) is 7.03. The van der Waals surface area contributed by atoms with E-state index < -0.39 is 0 Å². The lowest BCUT2D eigenvalue weighted by molar-refractivity contribution is 0.749. The van der Waals surface area contributed by atoms with Gasteiger partial charge in [0.1, 0.15) is 0 Å². The number of nitrogens with zero attached hydrogens (tertiary/aromatic N) is 1. The Hall–Kier alpha value is -1.02. The van der Waals surface area contributed by atoms with Gasteiger partial charge in [0.15, 0.2) is 0 Å². The fraction of sp³-hybridized carbons (Fsp3) is 0.333. The molecule has 1 aliphatic rings. The van der Waals surface area contributed by atoms with Crippen molar-refractivity contribution in [3.05, 3.63) is 52.7 Å². The lowest BCUT2D eigenvalue weighted by Gasteiger charge is -2.25. The second-order valence-electron chi connectivity index (χ2n) is 4.43. The maximum Gasteiger partial charge on any atom is 0.0451 e. The topological polar surface area (TPSA) is 3.24 Å². The second kappa shape index (κ2) is 5.54. The highest BCUT2D eigenvalue weighted by Crippen LogP contribution is 2.31. The van der Waals surface area contributed by atoms with Gasteiger partial charge < -0.3 is 4.90 Å². The Labute approximate surface area is 112 Å². The first kappa shape index (κ1) is 12.4. The summed E-state index contributed by atoms with van der Waals surface area (Å²) in [5.41, 5.74) is 4.05. The zero-order valence-corrected chi connectivity index (χ0v) is 11.8. The van der Waals surface area contributed by atoms with Crippen molar-refractivity contribution in [3.8, 4) is 0 Å². The highest BCUT2D eigenvalue weighted by molar-refractivity contribution is 9.10. The summed E-state index contributed by atoms with van der Waals surface area (Å²) in [5, 5.41) is 0. The molecule has 1 heterocycles. The minimum Gasteiger partial charge on any atom is -0.345 e. The van der Waals surface area contributed by atoms with Crippen LogP contribution in [0.2, 0.25) is 0 Å². The van der Waals surface area contributed by atoms with E-state index in [4.69, 9.17) is 0 Å². The molecule has 0 unspecified atom stereocenters. The summed E-state index contributed by atoms with van der Waals surface area (Å²) in [4.78, 5) is 2.40. The number of fused-ring (bicyclic) bond motifs is 1. The first-order valence-corrected chi connectivity index (χ1v) is 6.87. The van der Waals surface area contributed by atoms with E-state index >= 15 is 0 Å². The van der Waals surface area contributed by atoms with Crippen molar-refractivity contribution in [3.63, 3.8) is 0 Å². The first-order chi connectivity index (χ1) is 8.22. The molecule has 1 aromatic rings. The molecule has 1 aliphatic heterocycles. The molecule has 0 fully saturated rings. The van der Waals surface area contributed by atoms with Crippen LogP contribution in [0.25, 0.3) is 0 Å². The quantitative estimate of drug-likeness (QED) is 0.715. The van der Waals surface area contributed by atoms with Crippen molar-refractivity contribution in [2.75, 3.05) is 11.4 Å². The minimum atomic E-state index is 1.10. The predicted octanol–water partition coefficient (Wildman–Crippen LogP) is 4.68. The molecule has 0 amide bonds. The molecule has 2 rings (SSSR count). The Morgan fingerprint density at radius 3 is 3.00 bits per heavy atom.